The molecule has 160 valence electrons. The number of piperazine rings is 1. The molecule has 1 aliphatic carbocycles. The van der Waals surface area contributed by atoms with Crippen molar-refractivity contribution in [3.05, 3.63) is 28.3 Å². The lowest BCUT2D eigenvalue weighted by molar-refractivity contribution is -0.386. The van der Waals surface area contributed by atoms with Crippen LogP contribution in [0.1, 0.15) is 38.5 Å². The molecule has 10 heteroatoms. The molecular weight excluding hydrogens is 398 g/mol. The van der Waals surface area contributed by atoms with Crippen LogP contribution in [-0.2, 0) is 14.8 Å². The molecule has 0 unspecified atom stereocenters. The van der Waals surface area contributed by atoms with Crippen LogP contribution in [0.2, 0.25) is 0 Å². The highest BCUT2D eigenvalue weighted by Gasteiger charge is 2.32. The molecule has 29 heavy (non-hydrogen) atoms. The molecule has 0 N–H and O–H groups in total. The maximum Gasteiger partial charge on any atom is 0.312 e. The summed E-state index contributed by atoms with van der Waals surface area (Å²) in [5, 5.41) is 11.2. The van der Waals surface area contributed by atoms with Crippen molar-refractivity contribution in [3.63, 3.8) is 0 Å². The highest BCUT2D eigenvalue weighted by molar-refractivity contribution is 7.89. The Morgan fingerprint density at radius 3 is 2.45 bits per heavy atom. The van der Waals surface area contributed by atoms with Crippen LogP contribution < -0.4 is 4.74 Å². The molecule has 0 radical (unpaired) electrons. The summed E-state index contributed by atoms with van der Waals surface area (Å²) in [6, 6.07) is 3.61. The van der Waals surface area contributed by atoms with E-state index in [1.807, 2.05) is 0 Å². The van der Waals surface area contributed by atoms with Gasteiger partial charge < -0.3 is 9.64 Å². The number of benzene rings is 1. The van der Waals surface area contributed by atoms with Gasteiger partial charge in [-0.25, -0.2) is 8.42 Å². The molecule has 0 atom stereocenters. The van der Waals surface area contributed by atoms with Crippen LogP contribution in [0.4, 0.5) is 5.69 Å². The lowest BCUT2D eigenvalue weighted by Crippen LogP contribution is -2.50. The molecule has 1 saturated heterocycles. The predicted molar refractivity (Wildman–Crippen MR) is 106 cm³/mol. The van der Waals surface area contributed by atoms with E-state index in [9.17, 15) is 23.3 Å². The first-order valence-electron chi connectivity index (χ1n) is 9.93. The van der Waals surface area contributed by atoms with Gasteiger partial charge in [0.1, 0.15) is 0 Å². The van der Waals surface area contributed by atoms with Crippen molar-refractivity contribution in [2.75, 3.05) is 33.3 Å². The van der Waals surface area contributed by atoms with E-state index in [0.29, 0.717) is 25.4 Å². The minimum absolute atomic E-state index is 0.00614. The fourth-order valence-electron chi connectivity index (χ4n) is 4.08. The third kappa shape index (κ3) is 4.87. The number of carbonyl (C=O) groups is 1. The molecule has 2 aliphatic rings. The molecule has 1 aromatic carbocycles. The Bertz CT molecular complexity index is 859. The first-order valence-corrected chi connectivity index (χ1v) is 11.4. The van der Waals surface area contributed by atoms with Crippen LogP contribution in [0.5, 0.6) is 5.75 Å². The third-order valence-electron chi connectivity index (χ3n) is 5.82. The zero-order chi connectivity index (χ0) is 21.0. The Kier molecular flexibility index (Phi) is 6.74. The standard InChI is InChI=1S/C19H27N3O6S/c1-28-18-8-7-16(14-17(18)22(24)25)29(26,27)21-12-10-20(11-13-21)19(23)9-6-15-4-2-3-5-15/h7-8,14-15H,2-6,9-13H2,1H3. The lowest BCUT2D eigenvalue weighted by Gasteiger charge is -2.34. The number of nitro groups is 1. The van der Waals surface area contributed by atoms with Gasteiger partial charge in [-0.15, -0.1) is 0 Å². The van der Waals surface area contributed by atoms with Gasteiger partial charge in [-0.05, 0) is 24.5 Å². The van der Waals surface area contributed by atoms with Crippen LogP contribution >= 0.6 is 0 Å². The first kappa shape index (κ1) is 21.5. The Labute approximate surface area is 170 Å². The van der Waals surface area contributed by atoms with E-state index in [4.69, 9.17) is 4.74 Å². The van der Waals surface area contributed by atoms with Crippen LogP contribution in [0.15, 0.2) is 23.1 Å². The third-order valence-corrected chi connectivity index (χ3v) is 7.71. The summed E-state index contributed by atoms with van der Waals surface area (Å²) in [5.74, 6) is 0.729. The molecule has 0 aromatic heterocycles. The molecule has 1 aliphatic heterocycles. The van der Waals surface area contributed by atoms with E-state index in [-0.39, 0.29) is 29.6 Å². The quantitative estimate of drug-likeness (QED) is 0.490. The molecule has 2 fully saturated rings. The number of ether oxygens (including phenoxy) is 1. The van der Waals surface area contributed by atoms with Gasteiger partial charge in [0.25, 0.3) is 0 Å². The molecule has 1 heterocycles. The fraction of sp³-hybridized carbons (Fsp3) is 0.632. The van der Waals surface area contributed by atoms with Gasteiger partial charge in [-0.1, -0.05) is 25.7 Å². The Balaban J connectivity index is 1.61. The minimum atomic E-state index is -3.88. The number of carbonyl (C=O) groups excluding carboxylic acids is 1. The second kappa shape index (κ2) is 9.08. The largest absolute Gasteiger partial charge is 0.490 e. The average molecular weight is 426 g/mol. The van der Waals surface area contributed by atoms with E-state index in [1.54, 1.807) is 4.90 Å². The van der Waals surface area contributed by atoms with Gasteiger partial charge in [-0.2, -0.15) is 4.31 Å². The summed E-state index contributed by atoms with van der Waals surface area (Å²) in [5.41, 5.74) is -0.394. The number of nitro benzene ring substituents is 1. The SMILES string of the molecule is COc1ccc(S(=O)(=O)N2CCN(C(=O)CCC3CCCC3)CC2)cc1[N+](=O)[O-]. The van der Waals surface area contributed by atoms with Gasteiger partial charge in [-0.3, -0.25) is 14.9 Å². The number of hydrogen-bond donors (Lipinski definition) is 0. The molecule has 1 amide bonds. The van der Waals surface area contributed by atoms with Crippen molar-refractivity contribution in [2.24, 2.45) is 5.92 Å². The molecule has 3 rings (SSSR count). The van der Waals surface area contributed by atoms with E-state index in [0.717, 1.165) is 12.5 Å². The first-order chi connectivity index (χ1) is 13.8. The smallest absolute Gasteiger partial charge is 0.312 e. The number of nitrogens with zero attached hydrogens (tertiary/aromatic N) is 3. The second-order valence-electron chi connectivity index (χ2n) is 7.56. The predicted octanol–water partition coefficient (Wildman–Crippen LogP) is 2.41. The number of amides is 1. The fourth-order valence-corrected chi connectivity index (χ4v) is 5.53. The van der Waals surface area contributed by atoms with Crippen LogP contribution in [0.3, 0.4) is 0 Å². The van der Waals surface area contributed by atoms with Crippen molar-refractivity contribution in [1.29, 1.82) is 0 Å². The van der Waals surface area contributed by atoms with Gasteiger partial charge in [0.05, 0.1) is 16.9 Å². The minimum Gasteiger partial charge on any atom is -0.490 e. The van der Waals surface area contributed by atoms with Crippen LogP contribution in [-0.4, -0.2) is 61.7 Å². The molecule has 0 spiro atoms. The zero-order valence-electron chi connectivity index (χ0n) is 16.6. The van der Waals surface area contributed by atoms with E-state index < -0.39 is 20.6 Å². The van der Waals surface area contributed by atoms with Gasteiger partial charge in [0, 0.05) is 38.7 Å². The summed E-state index contributed by atoms with van der Waals surface area (Å²) in [7, 11) is -2.59. The van der Waals surface area contributed by atoms with Crippen molar-refractivity contribution >= 4 is 21.6 Å². The van der Waals surface area contributed by atoms with Crippen molar-refractivity contribution in [1.82, 2.24) is 9.21 Å². The van der Waals surface area contributed by atoms with Gasteiger partial charge >= 0.3 is 5.69 Å². The molecular formula is C19H27N3O6S. The Morgan fingerprint density at radius 2 is 1.86 bits per heavy atom. The lowest BCUT2D eigenvalue weighted by atomic mass is 10.0. The van der Waals surface area contributed by atoms with E-state index in [1.165, 1.54) is 49.2 Å². The van der Waals surface area contributed by atoms with Gasteiger partial charge in [0.15, 0.2) is 5.75 Å². The number of hydrogen-bond acceptors (Lipinski definition) is 6. The number of sulfonamides is 1. The Morgan fingerprint density at radius 1 is 1.21 bits per heavy atom. The highest BCUT2D eigenvalue weighted by atomic mass is 32.2. The zero-order valence-corrected chi connectivity index (χ0v) is 17.4. The van der Waals surface area contributed by atoms with Crippen molar-refractivity contribution in [2.45, 2.75) is 43.4 Å². The van der Waals surface area contributed by atoms with Crippen LogP contribution in [0.25, 0.3) is 0 Å². The summed E-state index contributed by atoms with van der Waals surface area (Å²) in [4.78, 5) is 24.5. The van der Waals surface area contributed by atoms with Gasteiger partial charge in [0.2, 0.25) is 15.9 Å². The van der Waals surface area contributed by atoms with Crippen LogP contribution in [0, 0.1) is 16.0 Å². The maximum absolute atomic E-state index is 12.9. The molecule has 1 saturated carbocycles. The monoisotopic (exact) mass is 425 g/mol. The summed E-state index contributed by atoms with van der Waals surface area (Å²) in [6.45, 7) is 1.02. The summed E-state index contributed by atoms with van der Waals surface area (Å²) in [6.07, 6.45) is 6.33. The van der Waals surface area contributed by atoms with Crippen molar-refractivity contribution in [3.8, 4) is 5.75 Å². The average Bonchev–Trinajstić information content (AvgIpc) is 3.25. The number of methoxy groups -OCH3 is 1. The van der Waals surface area contributed by atoms with E-state index >= 15 is 0 Å². The molecule has 1 aromatic rings. The second-order valence-corrected chi connectivity index (χ2v) is 9.50. The maximum atomic E-state index is 12.9. The normalized spacial score (nSPS) is 18.7. The molecule has 0 bridgehead atoms. The Hall–Kier alpha value is -2.20. The highest BCUT2D eigenvalue weighted by Crippen LogP contribution is 2.31. The van der Waals surface area contributed by atoms with Crippen molar-refractivity contribution < 1.29 is 22.9 Å². The summed E-state index contributed by atoms with van der Waals surface area (Å²) < 4.78 is 32.0. The molecule has 9 nitrogen and oxygen atoms in total. The summed E-state index contributed by atoms with van der Waals surface area (Å²) >= 11 is 0. The van der Waals surface area contributed by atoms with E-state index in [2.05, 4.69) is 0 Å². The topological polar surface area (TPSA) is 110 Å². The number of rotatable bonds is 7.